The van der Waals surface area contributed by atoms with Gasteiger partial charge in [-0.3, -0.25) is 9.59 Å². The van der Waals surface area contributed by atoms with Crippen molar-refractivity contribution in [3.63, 3.8) is 0 Å². The van der Waals surface area contributed by atoms with Crippen molar-refractivity contribution >= 4 is 11.7 Å². The van der Waals surface area contributed by atoms with Gasteiger partial charge in [0, 0.05) is 19.4 Å². The maximum atomic E-state index is 10.6. The molecule has 3 nitrogen and oxygen atoms in total. The molecule has 1 atom stereocenters. The summed E-state index contributed by atoms with van der Waals surface area (Å²) < 4.78 is 0. The summed E-state index contributed by atoms with van der Waals surface area (Å²) in [6.07, 6.45) is 1.25. The summed E-state index contributed by atoms with van der Waals surface area (Å²) >= 11 is 0. The van der Waals surface area contributed by atoms with E-state index in [4.69, 9.17) is 0 Å². The molecule has 1 unspecified atom stereocenters. The predicted octanol–water partition coefficient (Wildman–Crippen LogP) is 0.880. The highest BCUT2D eigenvalue weighted by Crippen LogP contribution is 1.97. The van der Waals surface area contributed by atoms with Crippen molar-refractivity contribution in [2.75, 3.05) is 0 Å². The van der Waals surface area contributed by atoms with E-state index in [1.807, 2.05) is 6.92 Å². The van der Waals surface area contributed by atoms with E-state index in [9.17, 15) is 9.59 Å². The summed E-state index contributed by atoms with van der Waals surface area (Å²) in [4.78, 5) is 21.2. The van der Waals surface area contributed by atoms with Gasteiger partial charge >= 0.3 is 0 Å². The molecule has 0 fully saturated rings. The van der Waals surface area contributed by atoms with Crippen molar-refractivity contribution in [3.8, 4) is 0 Å². The fourth-order valence-corrected chi connectivity index (χ4v) is 0.932. The van der Waals surface area contributed by atoms with Gasteiger partial charge in [0.2, 0.25) is 5.91 Å². The first-order chi connectivity index (χ1) is 5.06. The molecule has 0 spiro atoms. The molecule has 0 heterocycles. The van der Waals surface area contributed by atoms with Gasteiger partial charge < -0.3 is 5.32 Å². The van der Waals surface area contributed by atoms with E-state index in [1.54, 1.807) is 0 Å². The predicted molar refractivity (Wildman–Crippen MR) is 43.2 cm³/mol. The Kier molecular flexibility index (Phi) is 4.50. The molecule has 0 bridgehead atoms. The number of ketones is 1. The quantitative estimate of drug-likeness (QED) is 0.658. The molecule has 64 valence electrons. The van der Waals surface area contributed by atoms with Crippen LogP contribution >= 0.6 is 0 Å². The minimum Gasteiger partial charge on any atom is -0.353 e. The van der Waals surface area contributed by atoms with Gasteiger partial charge in [-0.05, 0) is 13.3 Å². The van der Waals surface area contributed by atoms with Crippen molar-refractivity contribution in [2.45, 2.75) is 39.7 Å². The van der Waals surface area contributed by atoms with E-state index in [0.717, 1.165) is 6.42 Å². The first-order valence-corrected chi connectivity index (χ1v) is 3.82. The van der Waals surface area contributed by atoms with E-state index in [-0.39, 0.29) is 17.7 Å². The highest BCUT2D eigenvalue weighted by atomic mass is 16.1. The third-order valence-electron chi connectivity index (χ3n) is 1.43. The normalized spacial score (nSPS) is 12.3. The average Bonchev–Trinajstić information content (AvgIpc) is 1.84. The van der Waals surface area contributed by atoms with Crippen LogP contribution in [0.5, 0.6) is 0 Å². The number of amides is 1. The smallest absolute Gasteiger partial charge is 0.217 e. The standard InChI is InChI=1S/C8H15NO2/c1-4-8(5-6(2)10)9-7(3)11/h8H,4-5H2,1-3H3,(H,9,11). The topological polar surface area (TPSA) is 46.2 Å². The first kappa shape index (κ1) is 10.1. The van der Waals surface area contributed by atoms with Crippen LogP contribution in [0, 0.1) is 0 Å². The van der Waals surface area contributed by atoms with Gasteiger partial charge in [0.25, 0.3) is 0 Å². The first-order valence-electron chi connectivity index (χ1n) is 3.82. The van der Waals surface area contributed by atoms with Crippen LogP contribution in [-0.2, 0) is 9.59 Å². The van der Waals surface area contributed by atoms with Crippen LogP contribution in [0.15, 0.2) is 0 Å². The molecule has 3 heteroatoms. The monoisotopic (exact) mass is 157 g/mol. The van der Waals surface area contributed by atoms with Crippen molar-refractivity contribution in [2.24, 2.45) is 0 Å². The van der Waals surface area contributed by atoms with Gasteiger partial charge in [-0.15, -0.1) is 0 Å². The number of carbonyl (C=O) groups excluding carboxylic acids is 2. The minimum absolute atomic E-state index is 0.0185. The number of hydrogen-bond donors (Lipinski definition) is 1. The van der Waals surface area contributed by atoms with Crippen LogP contribution in [0.1, 0.15) is 33.6 Å². The maximum Gasteiger partial charge on any atom is 0.217 e. The summed E-state index contributed by atoms with van der Waals surface area (Å²) in [7, 11) is 0. The van der Waals surface area contributed by atoms with E-state index >= 15 is 0 Å². The second-order valence-corrected chi connectivity index (χ2v) is 2.71. The van der Waals surface area contributed by atoms with Crippen LogP contribution in [0.25, 0.3) is 0 Å². The highest BCUT2D eigenvalue weighted by molar-refractivity contribution is 5.78. The second-order valence-electron chi connectivity index (χ2n) is 2.71. The lowest BCUT2D eigenvalue weighted by molar-refractivity contribution is -0.120. The van der Waals surface area contributed by atoms with Crippen LogP contribution in [0.4, 0.5) is 0 Å². The maximum absolute atomic E-state index is 10.6. The third-order valence-corrected chi connectivity index (χ3v) is 1.43. The SMILES string of the molecule is CCC(CC(C)=O)NC(C)=O. The Labute approximate surface area is 67.2 Å². The van der Waals surface area contributed by atoms with Gasteiger partial charge in [0.05, 0.1) is 0 Å². The van der Waals surface area contributed by atoms with Crippen LogP contribution < -0.4 is 5.32 Å². The molecule has 0 saturated carbocycles. The van der Waals surface area contributed by atoms with E-state index < -0.39 is 0 Å². The average molecular weight is 157 g/mol. The van der Waals surface area contributed by atoms with Crippen molar-refractivity contribution in [1.82, 2.24) is 5.32 Å². The Morgan fingerprint density at radius 3 is 2.18 bits per heavy atom. The molecule has 0 radical (unpaired) electrons. The summed E-state index contributed by atoms with van der Waals surface area (Å²) in [5.74, 6) is 0.0451. The Hall–Kier alpha value is -0.860. The molecule has 1 N–H and O–H groups in total. The van der Waals surface area contributed by atoms with Crippen molar-refractivity contribution in [3.05, 3.63) is 0 Å². The van der Waals surface area contributed by atoms with E-state index in [1.165, 1.54) is 13.8 Å². The van der Waals surface area contributed by atoms with E-state index in [2.05, 4.69) is 5.32 Å². The lowest BCUT2D eigenvalue weighted by atomic mass is 10.1. The summed E-state index contributed by atoms with van der Waals surface area (Å²) in [6.45, 7) is 4.94. The highest BCUT2D eigenvalue weighted by Gasteiger charge is 2.08. The Balaban J connectivity index is 3.76. The molecule has 0 aliphatic heterocycles. The molecule has 0 saturated heterocycles. The molecule has 0 aromatic heterocycles. The Bertz CT molecular complexity index is 138. The summed E-state index contributed by atoms with van der Waals surface area (Å²) in [6, 6.07) is 0.0185. The van der Waals surface area contributed by atoms with Crippen LogP contribution in [-0.4, -0.2) is 17.7 Å². The zero-order valence-electron chi connectivity index (χ0n) is 7.31. The number of nitrogens with one attached hydrogen (secondary N) is 1. The number of rotatable bonds is 4. The number of hydrogen-bond acceptors (Lipinski definition) is 2. The molecule has 0 aromatic carbocycles. The Morgan fingerprint density at radius 1 is 1.36 bits per heavy atom. The third kappa shape index (κ3) is 5.58. The van der Waals surface area contributed by atoms with Crippen molar-refractivity contribution in [1.29, 1.82) is 0 Å². The molecule has 0 aromatic rings. The number of Topliss-reactive ketones (excluding diaryl/α,β-unsaturated/α-hetero) is 1. The molecule has 1 amide bonds. The zero-order chi connectivity index (χ0) is 8.85. The van der Waals surface area contributed by atoms with Gasteiger partial charge in [-0.1, -0.05) is 6.92 Å². The lowest BCUT2D eigenvalue weighted by Gasteiger charge is -2.13. The minimum atomic E-state index is -0.0712. The fourth-order valence-electron chi connectivity index (χ4n) is 0.932. The fraction of sp³-hybridized carbons (Fsp3) is 0.750. The second kappa shape index (κ2) is 4.88. The molecular formula is C8H15NO2. The molecule has 0 aliphatic carbocycles. The summed E-state index contributed by atoms with van der Waals surface area (Å²) in [5.41, 5.74) is 0. The lowest BCUT2D eigenvalue weighted by Crippen LogP contribution is -2.33. The van der Waals surface area contributed by atoms with Crippen LogP contribution in [0.3, 0.4) is 0 Å². The molecule has 0 rings (SSSR count). The molecular weight excluding hydrogens is 142 g/mol. The van der Waals surface area contributed by atoms with Gasteiger partial charge in [0.15, 0.2) is 0 Å². The Morgan fingerprint density at radius 2 is 1.91 bits per heavy atom. The zero-order valence-corrected chi connectivity index (χ0v) is 7.31. The van der Waals surface area contributed by atoms with Crippen molar-refractivity contribution < 1.29 is 9.59 Å². The largest absolute Gasteiger partial charge is 0.353 e. The number of carbonyl (C=O) groups is 2. The van der Waals surface area contributed by atoms with Crippen LogP contribution in [0.2, 0.25) is 0 Å². The summed E-state index contributed by atoms with van der Waals surface area (Å²) in [5, 5.41) is 2.70. The van der Waals surface area contributed by atoms with E-state index in [0.29, 0.717) is 6.42 Å². The molecule has 0 aliphatic rings. The molecule has 11 heavy (non-hydrogen) atoms. The van der Waals surface area contributed by atoms with Gasteiger partial charge in [-0.25, -0.2) is 0 Å². The van der Waals surface area contributed by atoms with Gasteiger partial charge in [0.1, 0.15) is 5.78 Å². The van der Waals surface area contributed by atoms with Gasteiger partial charge in [-0.2, -0.15) is 0 Å².